The first-order valence-electron chi connectivity index (χ1n) is 1.16. The van der Waals surface area contributed by atoms with Crippen LogP contribution in [0.1, 0.15) is 0 Å². The molecule has 0 aliphatic heterocycles. The average molecular weight is 236 g/mol. The molecule has 0 aromatic rings. The zero-order chi connectivity index (χ0) is 7.15. The third kappa shape index (κ3) is 1180. The van der Waals surface area contributed by atoms with Crippen LogP contribution in [-0.4, -0.2) is 11.2 Å². The fourth-order valence-electron chi connectivity index (χ4n) is 0. The van der Waals surface area contributed by atoms with E-state index in [-0.39, 0.29) is 33.6 Å². The fourth-order valence-corrected chi connectivity index (χ4v) is 0. The first-order valence-corrected chi connectivity index (χ1v) is 1.16. The van der Waals surface area contributed by atoms with Crippen molar-refractivity contribution in [3.63, 3.8) is 0 Å². The van der Waals surface area contributed by atoms with Crippen LogP contribution in [0.5, 0.6) is 0 Å². The van der Waals surface area contributed by atoms with Gasteiger partial charge < -0.3 is 30.3 Å². The maximum atomic E-state index is 8.33. The first kappa shape index (κ1) is 22.7. The van der Waals surface area contributed by atoms with Gasteiger partial charge in [-0.15, -0.1) is 0 Å². The second kappa shape index (κ2) is 15.8. The summed E-state index contributed by atoms with van der Waals surface area (Å²) in [5, 5.41) is 31.4. The fraction of sp³-hybridized carbons (Fsp3) is 0. The Balaban J connectivity index is -0.0000000300. The van der Waals surface area contributed by atoms with Gasteiger partial charge >= 0.3 is 33.6 Å². The maximum Gasteiger partial charge on any atom is 2.00 e. The molecule has 9 heteroatoms. The third-order valence-corrected chi connectivity index (χ3v) is 0. The Bertz CT molecular complexity index is 75.7. The van der Waals surface area contributed by atoms with E-state index in [9.17, 15) is 0 Å². The first-order chi connectivity index (χ1) is 3.46. The zero-order valence-electron chi connectivity index (χ0n) is 4.09. The molecular formula is CMnNNiO6+. The van der Waals surface area contributed by atoms with Gasteiger partial charge in [0.1, 0.15) is 0 Å². The number of nitrogens with zero attached hydrogens (tertiary/aromatic N) is 1. The molecule has 0 unspecified atom stereocenters. The summed E-state index contributed by atoms with van der Waals surface area (Å²) in [4.78, 5) is 16.6. The number of rotatable bonds is 0. The van der Waals surface area contributed by atoms with Gasteiger partial charge in [-0.05, 0) is 6.16 Å². The van der Waals surface area contributed by atoms with Gasteiger partial charge in [0.25, 0.3) is 0 Å². The summed E-state index contributed by atoms with van der Waals surface area (Å²) in [6.45, 7) is 0. The Morgan fingerprint density at radius 1 is 1.20 bits per heavy atom. The normalized spacial score (nSPS) is 4.80. The molecule has 0 saturated carbocycles. The molecule has 0 spiro atoms. The molecule has 1 radical (unpaired) electrons. The standard InChI is InChI=1S/CH2O3.Mn.NO3.Ni/c2-1(3)4;;2-1(3)4;/h(H2,2,3,4);;;/q;+2;-1;+2/p-2. The van der Waals surface area contributed by atoms with Gasteiger partial charge in [0.15, 0.2) is 0 Å². The Kier molecular flexibility index (Phi) is 35.9. The molecule has 0 aliphatic rings. The smallest absolute Gasteiger partial charge is 0.652 e. The number of hydrogen-bond donors (Lipinski definition) is 0. The van der Waals surface area contributed by atoms with E-state index in [4.69, 9.17) is 30.3 Å². The molecule has 0 aromatic carbocycles. The Hall–Kier alpha value is -0.517. The van der Waals surface area contributed by atoms with E-state index in [2.05, 4.69) is 0 Å². The molecule has 0 bridgehead atoms. The second-order valence-electron chi connectivity index (χ2n) is 0.474. The van der Waals surface area contributed by atoms with Gasteiger partial charge in [0, 0.05) is 0 Å². The van der Waals surface area contributed by atoms with Gasteiger partial charge in [0.2, 0.25) is 0 Å². The largest absolute Gasteiger partial charge is 2.00 e. The quantitative estimate of drug-likeness (QED) is 0.255. The second-order valence-corrected chi connectivity index (χ2v) is 0.474. The molecule has 7 nitrogen and oxygen atoms in total. The molecule has 0 aromatic heterocycles. The summed E-state index contributed by atoms with van der Waals surface area (Å²) in [6.07, 6.45) is -2.33. The van der Waals surface area contributed by atoms with Crippen molar-refractivity contribution in [3.05, 3.63) is 15.3 Å². The van der Waals surface area contributed by atoms with Gasteiger partial charge in [-0.1, -0.05) is 0 Å². The minimum absolute atomic E-state index is 0. The van der Waals surface area contributed by atoms with E-state index in [1.807, 2.05) is 0 Å². The molecule has 0 aliphatic carbocycles. The number of hydrogen-bond acceptors (Lipinski definition) is 6. The van der Waals surface area contributed by atoms with Crippen molar-refractivity contribution in [3.8, 4) is 0 Å². The van der Waals surface area contributed by atoms with Crippen molar-refractivity contribution < 1.29 is 53.7 Å². The SMILES string of the molecule is O=C([O-])[O-].O=[N+]([O-])[O-].[Mn+2].[Ni+2]. The van der Waals surface area contributed by atoms with Crippen molar-refractivity contribution in [2.24, 2.45) is 0 Å². The van der Waals surface area contributed by atoms with Crippen LogP contribution in [0.25, 0.3) is 0 Å². The van der Waals surface area contributed by atoms with Crippen molar-refractivity contribution in [1.82, 2.24) is 0 Å². The monoisotopic (exact) mass is 235 g/mol. The van der Waals surface area contributed by atoms with E-state index in [1.54, 1.807) is 0 Å². The molecule has 0 amide bonds. The molecule has 0 atom stereocenters. The molecule has 0 rings (SSSR count). The summed E-state index contributed by atoms with van der Waals surface area (Å²) < 4.78 is 0. The summed E-state index contributed by atoms with van der Waals surface area (Å²) in [5.74, 6) is 0. The van der Waals surface area contributed by atoms with Gasteiger partial charge in [0.05, 0.1) is 5.09 Å². The third-order valence-electron chi connectivity index (χ3n) is 0. The average Bonchev–Trinajstić information content (AvgIpc) is 1.25. The van der Waals surface area contributed by atoms with Gasteiger partial charge in [-0.25, -0.2) is 0 Å². The van der Waals surface area contributed by atoms with Crippen molar-refractivity contribution in [2.45, 2.75) is 0 Å². The van der Waals surface area contributed by atoms with Crippen LogP contribution in [-0.2, 0) is 33.6 Å². The molecule has 0 fully saturated rings. The van der Waals surface area contributed by atoms with E-state index >= 15 is 0 Å². The van der Waals surface area contributed by atoms with Crippen LogP contribution < -0.4 is 10.2 Å². The number of carbonyl (C=O) groups is 1. The van der Waals surface area contributed by atoms with E-state index in [0.29, 0.717) is 0 Å². The van der Waals surface area contributed by atoms with E-state index in [1.165, 1.54) is 0 Å². The van der Waals surface area contributed by atoms with E-state index < -0.39 is 11.2 Å². The van der Waals surface area contributed by atoms with Crippen LogP contribution in [0.3, 0.4) is 0 Å². The zero-order valence-corrected chi connectivity index (χ0v) is 6.26. The predicted molar refractivity (Wildman–Crippen MR) is 15.8 cm³/mol. The maximum absolute atomic E-state index is 8.33. The van der Waals surface area contributed by atoms with E-state index in [0.717, 1.165) is 0 Å². The summed E-state index contributed by atoms with van der Waals surface area (Å²) in [5.41, 5.74) is 0. The van der Waals surface area contributed by atoms with Gasteiger partial charge in [-0.2, -0.15) is 0 Å². The predicted octanol–water partition coefficient (Wildman–Crippen LogP) is -2.69. The van der Waals surface area contributed by atoms with Crippen LogP contribution >= 0.6 is 0 Å². The molecule has 0 saturated heterocycles. The minimum atomic E-state index is -2.33. The molecule has 10 heavy (non-hydrogen) atoms. The summed E-state index contributed by atoms with van der Waals surface area (Å²) >= 11 is 0. The van der Waals surface area contributed by atoms with Crippen LogP contribution in [0.4, 0.5) is 4.79 Å². The van der Waals surface area contributed by atoms with Crippen LogP contribution in [0.15, 0.2) is 0 Å². The topological polar surface area (TPSA) is 129 Å². The Morgan fingerprint density at radius 3 is 1.20 bits per heavy atom. The number of carbonyl (C=O) groups excluding carboxylic acids is 1. The van der Waals surface area contributed by atoms with Crippen LogP contribution in [0.2, 0.25) is 0 Å². The van der Waals surface area contributed by atoms with Crippen molar-refractivity contribution >= 4 is 6.16 Å². The summed E-state index contributed by atoms with van der Waals surface area (Å²) in [7, 11) is 0. The summed E-state index contributed by atoms with van der Waals surface area (Å²) in [6, 6.07) is 0. The van der Waals surface area contributed by atoms with Crippen molar-refractivity contribution in [1.29, 1.82) is 0 Å². The molecule has 61 valence electrons. The molecule has 0 N–H and O–H groups in total. The molecule has 0 heterocycles. The van der Waals surface area contributed by atoms with Gasteiger partial charge in [-0.3, -0.25) is 0 Å². The Morgan fingerprint density at radius 2 is 1.20 bits per heavy atom. The molecular weight excluding hydrogens is 236 g/mol. The Labute approximate surface area is 75.5 Å². The minimum Gasteiger partial charge on any atom is -0.652 e. The van der Waals surface area contributed by atoms with Crippen LogP contribution in [0, 0.1) is 15.3 Å². The van der Waals surface area contributed by atoms with Crippen molar-refractivity contribution in [2.75, 3.05) is 0 Å². The number of carboxylic acid groups (broad SMARTS) is 2.